The van der Waals surface area contributed by atoms with E-state index in [0.29, 0.717) is 35.0 Å². The molecular weight excluding hydrogens is 448 g/mol. The molecule has 1 atom stereocenters. The van der Waals surface area contributed by atoms with Crippen LogP contribution < -0.4 is 14.2 Å². The highest BCUT2D eigenvalue weighted by molar-refractivity contribution is 6.46. The number of ketones is 1. The third-order valence-corrected chi connectivity index (χ3v) is 5.78. The summed E-state index contributed by atoms with van der Waals surface area (Å²) in [6, 6.07) is 14.6. The predicted octanol–water partition coefficient (Wildman–Crippen LogP) is 4.12. The number of para-hydroxylation sites is 1. The fraction of sp³-hybridized carbons (Fsp3) is 0.222. The van der Waals surface area contributed by atoms with Gasteiger partial charge >= 0.3 is 0 Å². The maximum absolute atomic E-state index is 13.3. The van der Waals surface area contributed by atoms with E-state index in [-0.39, 0.29) is 17.9 Å². The molecule has 1 aliphatic heterocycles. The van der Waals surface area contributed by atoms with Gasteiger partial charge in [0.25, 0.3) is 11.7 Å². The van der Waals surface area contributed by atoms with Crippen molar-refractivity contribution in [2.75, 3.05) is 20.8 Å². The third-order valence-electron chi connectivity index (χ3n) is 5.78. The zero-order valence-corrected chi connectivity index (χ0v) is 19.7. The number of carbonyl (C=O) groups excluding carboxylic acids is 2. The van der Waals surface area contributed by atoms with Crippen LogP contribution in [0.3, 0.4) is 0 Å². The third kappa shape index (κ3) is 4.55. The maximum atomic E-state index is 13.3. The van der Waals surface area contributed by atoms with E-state index in [2.05, 4.69) is 4.98 Å². The normalized spacial score (nSPS) is 16.9. The van der Waals surface area contributed by atoms with Crippen molar-refractivity contribution >= 4 is 17.4 Å². The second kappa shape index (κ2) is 10.3. The van der Waals surface area contributed by atoms with Crippen LogP contribution in [-0.2, 0) is 16.1 Å². The molecule has 3 aromatic rings. The Hall–Kier alpha value is -4.33. The molecular formula is C27H26N2O6. The Morgan fingerprint density at radius 3 is 2.43 bits per heavy atom. The summed E-state index contributed by atoms with van der Waals surface area (Å²) in [5.41, 5.74) is 1.61. The summed E-state index contributed by atoms with van der Waals surface area (Å²) in [5, 5.41) is 11.3. The van der Waals surface area contributed by atoms with Gasteiger partial charge in [0.2, 0.25) is 0 Å². The van der Waals surface area contributed by atoms with Crippen molar-refractivity contribution in [1.29, 1.82) is 0 Å². The van der Waals surface area contributed by atoms with Crippen LogP contribution in [0.5, 0.6) is 17.2 Å². The fourth-order valence-electron chi connectivity index (χ4n) is 4.21. The molecule has 8 nitrogen and oxygen atoms in total. The van der Waals surface area contributed by atoms with E-state index in [9.17, 15) is 14.7 Å². The number of aliphatic hydroxyl groups excluding tert-OH is 1. The highest BCUT2D eigenvalue weighted by Crippen LogP contribution is 2.46. The zero-order chi connectivity index (χ0) is 24.9. The molecule has 0 saturated carbocycles. The Kier molecular flexibility index (Phi) is 7.01. The molecule has 8 heteroatoms. The van der Waals surface area contributed by atoms with Gasteiger partial charge in [-0.25, -0.2) is 0 Å². The Morgan fingerprint density at radius 2 is 1.80 bits per heavy atom. The molecule has 1 N–H and O–H groups in total. The summed E-state index contributed by atoms with van der Waals surface area (Å²) in [5.74, 6) is -0.345. The minimum Gasteiger partial charge on any atom is -0.507 e. The second-order valence-corrected chi connectivity index (χ2v) is 7.83. The Labute approximate surface area is 203 Å². The van der Waals surface area contributed by atoms with E-state index in [1.165, 1.54) is 19.1 Å². The van der Waals surface area contributed by atoms with Crippen LogP contribution in [0.25, 0.3) is 5.76 Å². The standard InChI is InChI=1S/C27H26N2O6/c1-4-35-19-12-10-18(11-13-19)24(30)22-23(20-8-5-9-21(33-2)26(20)34-3)29(27(32)25(22)31)16-17-7-6-14-28-15-17/h5-15,23,30H,4,16H2,1-3H3/b24-22+/t23-/m1/s1. The second-order valence-electron chi connectivity index (χ2n) is 7.83. The summed E-state index contributed by atoms with van der Waals surface area (Å²) in [4.78, 5) is 32.1. The van der Waals surface area contributed by atoms with Gasteiger partial charge in [0.1, 0.15) is 11.5 Å². The van der Waals surface area contributed by atoms with Crippen LogP contribution in [0.15, 0.2) is 72.6 Å². The molecule has 0 radical (unpaired) electrons. The average molecular weight is 475 g/mol. The lowest BCUT2D eigenvalue weighted by molar-refractivity contribution is -0.140. The molecule has 180 valence electrons. The Bertz CT molecular complexity index is 1250. The largest absolute Gasteiger partial charge is 0.507 e. The van der Waals surface area contributed by atoms with E-state index in [4.69, 9.17) is 14.2 Å². The minimum atomic E-state index is -0.910. The van der Waals surface area contributed by atoms with Gasteiger partial charge in [0, 0.05) is 30.1 Å². The number of pyridine rings is 1. The van der Waals surface area contributed by atoms with Crippen molar-refractivity contribution in [1.82, 2.24) is 9.88 Å². The molecule has 35 heavy (non-hydrogen) atoms. The summed E-state index contributed by atoms with van der Waals surface area (Å²) >= 11 is 0. The molecule has 4 rings (SSSR count). The van der Waals surface area contributed by atoms with E-state index in [1.807, 2.05) is 13.0 Å². The lowest BCUT2D eigenvalue weighted by Crippen LogP contribution is -2.29. The number of hydrogen-bond acceptors (Lipinski definition) is 7. The first kappa shape index (κ1) is 23.8. The number of methoxy groups -OCH3 is 2. The van der Waals surface area contributed by atoms with E-state index >= 15 is 0 Å². The van der Waals surface area contributed by atoms with Gasteiger partial charge in [-0.15, -0.1) is 0 Å². The number of nitrogens with zero attached hydrogens (tertiary/aromatic N) is 2. The van der Waals surface area contributed by atoms with Crippen LogP contribution in [0, 0.1) is 0 Å². The van der Waals surface area contributed by atoms with Crippen molar-refractivity contribution < 1.29 is 28.9 Å². The fourth-order valence-corrected chi connectivity index (χ4v) is 4.21. The first-order valence-electron chi connectivity index (χ1n) is 11.1. The number of carbonyl (C=O) groups is 2. The van der Waals surface area contributed by atoms with E-state index in [1.54, 1.807) is 60.9 Å². The number of Topliss-reactive ketones (excluding diaryl/α,β-unsaturated/α-hetero) is 1. The number of aliphatic hydroxyl groups is 1. The van der Waals surface area contributed by atoms with Crippen LogP contribution in [0.4, 0.5) is 0 Å². The molecule has 1 saturated heterocycles. The highest BCUT2D eigenvalue weighted by atomic mass is 16.5. The number of hydrogen-bond donors (Lipinski definition) is 1. The summed E-state index contributed by atoms with van der Waals surface area (Å²) in [7, 11) is 3.00. The first-order valence-corrected chi connectivity index (χ1v) is 11.1. The van der Waals surface area contributed by atoms with Crippen LogP contribution in [0.1, 0.15) is 29.7 Å². The number of rotatable bonds is 8. The molecule has 0 aliphatic carbocycles. The molecule has 2 heterocycles. The average Bonchev–Trinajstić information content (AvgIpc) is 3.13. The SMILES string of the molecule is CCOc1ccc(/C(O)=C2\C(=O)C(=O)N(Cc3cccnc3)[C@@H]2c2cccc(OC)c2OC)cc1. The van der Waals surface area contributed by atoms with Gasteiger partial charge in [0.05, 0.1) is 32.4 Å². The van der Waals surface area contributed by atoms with E-state index < -0.39 is 17.7 Å². The van der Waals surface area contributed by atoms with Gasteiger partial charge in [-0.2, -0.15) is 0 Å². The van der Waals surface area contributed by atoms with Crippen molar-refractivity contribution in [3.05, 3.63) is 89.3 Å². The van der Waals surface area contributed by atoms with Gasteiger partial charge in [-0.3, -0.25) is 14.6 Å². The molecule has 0 spiro atoms. The number of benzene rings is 2. The topological polar surface area (TPSA) is 98.2 Å². The smallest absolute Gasteiger partial charge is 0.295 e. The minimum absolute atomic E-state index is 0.0328. The maximum Gasteiger partial charge on any atom is 0.295 e. The molecule has 1 aromatic heterocycles. The number of likely N-dealkylation sites (tertiary alicyclic amines) is 1. The number of amides is 1. The summed E-state index contributed by atoms with van der Waals surface area (Å²) in [6.45, 7) is 2.49. The number of aromatic nitrogens is 1. The van der Waals surface area contributed by atoms with Crippen molar-refractivity contribution in [3.8, 4) is 17.2 Å². The Balaban J connectivity index is 1.89. The Morgan fingerprint density at radius 1 is 1.03 bits per heavy atom. The lowest BCUT2D eigenvalue weighted by atomic mass is 9.94. The van der Waals surface area contributed by atoms with Crippen LogP contribution in [-0.4, -0.2) is 47.5 Å². The van der Waals surface area contributed by atoms with Gasteiger partial charge in [0.15, 0.2) is 11.5 Å². The first-order chi connectivity index (χ1) is 17.0. The molecule has 1 fully saturated rings. The zero-order valence-electron chi connectivity index (χ0n) is 19.7. The summed E-state index contributed by atoms with van der Waals surface area (Å²) < 4.78 is 16.5. The van der Waals surface area contributed by atoms with Gasteiger partial charge < -0.3 is 24.2 Å². The number of ether oxygens (including phenoxy) is 3. The quantitative estimate of drug-likeness (QED) is 0.298. The molecule has 1 amide bonds. The van der Waals surface area contributed by atoms with Gasteiger partial charge in [-0.1, -0.05) is 18.2 Å². The van der Waals surface area contributed by atoms with Crippen LogP contribution >= 0.6 is 0 Å². The van der Waals surface area contributed by atoms with Crippen molar-refractivity contribution in [3.63, 3.8) is 0 Å². The predicted molar refractivity (Wildman–Crippen MR) is 129 cm³/mol. The van der Waals surface area contributed by atoms with E-state index in [0.717, 1.165) is 5.56 Å². The molecule has 0 bridgehead atoms. The van der Waals surface area contributed by atoms with Gasteiger partial charge in [-0.05, 0) is 48.9 Å². The monoisotopic (exact) mass is 474 g/mol. The molecule has 2 aromatic carbocycles. The summed E-state index contributed by atoms with van der Waals surface area (Å²) in [6.07, 6.45) is 3.26. The highest BCUT2D eigenvalue weighted by Gasteiger charge is 2.47. The van der Waals surface area contributed by atoms with Crippen molar-refractivity contribution in [2.45, 2.75) is 19.5 Å². The molecule has 0 unspecified atom stereocenters. The molecule has 1 aliphatic rings. The lowest BCUT2D eigenvalue weighted by Gasteiger charge is -2.27. The van der Waals surface area contributed by atoms with Crippen LogP contribution in [0.2, 0.25) is 0 Å². The van der Waals surface area contributed by atoms with Crippen molar-refractivity contribution in [2.24, 2.45) is 0 Å².